The van der Waals surface area contributed by atoms with Crippen molar-refractivity contribution in [1.82, 2.24) is 10.3 Å². The lowest BCUT2D eigenvalue weighted by Crippen LogP contribution is -2.41. The van der Waals surface area contributed by atoms with Gasteiger partial charge in [-0.1, -0.05) is 23.2 Å². The second-order valence-electron chi connectivity index (χ2n) is 4.17. The van der Waals surface area contributed by atoms with Gasteiger partial charge < -0.3 is 5.32 Å². The molecule has 0 atom stereocenters. The Morgan fingerprint density at radius 3 is 2.47 bits per heavy atom. The minimum atomic E-state index is -0.329. The molecule has 0 radical (unpaired) electrons. The summed E-state index contributed by atoms with van der Waals surface area (Å²) < 4.78 is 0. The van der Waals surface area contributed by atoms with Crippen LogP contribution in [0, 0.1) is 0 Å². The number of nitrogens with one attached hydrogen (secondary N) is 1. The molecule has 1 amide bonds. The number of hydrogen-bond acceptors (Lipinski definition) is 2. The van der Waals surface area contributed by atoms with Crippen molar-refractivity contribution in [1.29, 1.82) is 0 Å². The van der Waals surface area contributed by atoms with Gasteiger partial charge in [0.2, 0.25) is 0 Å². The molecule has 1 N–H and O–H groups in total. The monoisotopic (exact) mass is 246 g/mol. The predicted octanol–water partition coefficient (Wildman–Crippen LogP) is 2.92. The Morgan fingerprint density at radius 2 is 1.93 bits per heavy atom. The highest BCUT2D eigenvalue weighted by atomic mass is 35.5. The SMILES string of the molecule is CC(C)(C)NC(=O)c1nc(Cl)ccc1Cl. The highest BCUT2D eigenvalue weighted by molar-refractivity contribution is 6.34. The summed E-state index contributed by atoms with van der Waals surface area (Å²) in [4.78, 5) is 15.6. The quantitative estimate of drug-likeness (QED) is 0.775. The van der Waals surface area contributed by atoms with Crippen LogP contribution in [0.3, 0.4) is 0 Å². The van der Waals surface area contributed by atoms with Gasteiger partial charge >= 0.3 is 0 Å². The van der Waals surface area contributed by atoms with Gasteiger partial charge in [-0.15, -0.1) is 0 Å². The van der Waals surface area contributed by atoms with E-state index in [9.17, 15) is 4.79 Å². The Balaban J connectivity index is 2.96. The Hall–Kier alpha value is -0.800. The topological polar surface area (TPSA) is 42.0 Å². The van der Waals surface area contributed by atoms with E-state index >= 15 is 0 Å². The molecule has 0 unspecified atom stereocenters. The largest absolute Gasteiger partial charge is 0.346 e. The molecule has 0 saturated carbocycles. The number of carbonyl (C=O) groups excluding carboxylic acids is 1. The standard InChI is InChI=1S/C10H12Cl2N2O/c1-10(2,3)14-9(15)8-6(11)4-5-7(12)13-8/h4-5H,1-3H3,(H,14,15). The predicted molar refractivity (Wildman–Crippen MR) is 61.5 cm³/mol. The van der Waals surface area contributed by atoms with Gasteiger partial charge in [0.05, 0.1) is 5.02 Å². The first kappa shape index (κ1) is 12.3. The van der Waals surface area contributed by atoms with Gasteiger partial charge in [-0.25, -0.2) is 4.98 Å². The fourth-order valence-corrected chi connectivity index (χ4v) is 1.32. The highest BCUT2D eigenvalue weighted by Crippen LogP contribution is 2.17. The molecule has 0 saturated heterocycles. The molecule has 0 spiro atoms. The lowest BCUT2D eigenvalue weighted by molar-refractivity contribution is 0.0914. The van der Waals surface area contributed by atoms with Gasteiger partial charge in [-0.3, -0.25) is 4.79 Å². The minimum absolute atomic E-state index is 0.152. The number of pyridine rings is 1. The lowest BCUT2D eigenvalue weighted by atomic mass is 10.1. The van der Waals surface area contributed by atoms with Gasteiger partial charge in [0.15, 0.2) is 0 Å². The van der Waals surface area contributed by atoms with Crippen LogP contribution in [-0.2, 0) is 0 Å². The van der Waals surface area contributed by atoms with E-state index in [2.05, 4.69) is 10.3 Å². The van der Waals surface area contributed by atoms with Crippen LogP contribution in [-0.4, -0.2) is 16.4 Å². The maximum absolute atomic E-state index is 11.7. The molecule has 0 bridgehead atoms. The van der Waals surface area contributed by atoms with Crippen molar-refractivity contribution in [3.63, 3.8) is 0 Å². The molecule has 0 aliphatic rings. The van der Waals surface area contributed by atoms with Gasteiger partial charge in [-0.05, 0) is 32.9 Å². The summed E-state index contributed by atoms with van der Waals surface area (Å²) >= 11 is 11.5. The summed E-state index contributed by atoms with van der Waals surface area (Å²) in [7, 11) is 0. The van der Waals surface area contributed by atoms with Gasteiger partial charge in [0.1, 0.15) is 10.8 Å². The number of amides is 1. The zero-order chi connectivity index (χ0) is 11.6. The Bertz CT molecular complexity index is 385. The van der Waals surface area contributed by atoms with Crippen LogP contribution in [0.5, 0.6) is 0 Å². The first-order valence-electron chi connectivity index (χ1n) is 4.44. The third-order valence-corrected chi connectivity index (χ3v) is 2.03. The van der Waals surface area contributed by atoms with Gasteiger partial charge in [0.25, 0.3) is 5.91 Å². The van der Waals surface area contributed by atoms with Crippen LogP contribution in [0.4, 0.5) is 0 Å². The van der Waals surface area contributed by atoms with Gasteiger partial charge in [0, 0.05) is 5.54 Å². The number of hydrogen-bond donors (Lipinski definition) is 1. The summed E-state index contributed by atoms with van der Waals surface area (Å²) in [5.74, 6) is -0.324. The molecule has 1 heterocycles. The normalized spacial score (nSPS) is 11.3. The van der Waals surface area contributed by atoms with Crippen molar-refractivity contribution in [2.24, 2.45) is 0 Å². The molecule has 3 nitrogen and oxygen atoms in total. The molecular weight excluding hydrogens is 235 g/mol. The van der Waals surface area contributed by atoms with Crippen LogP contribution in [0.15, 0.2) is 12.1 Å². The third kappa shape index (κ3) is 3.68. The molecule has 15 heavy (non-hydrogen) atoms. The van der Waals surface area contributed by atoms with Crippen LogP contribution >= 0.6 is 23.2 Å². The van der Waals surface area contributed by atoms with Crippen LogP contribution in [0.2, 0.25) is 10.2 Å². The number of rotatable bonds is 1. The van der Waals surface area contributed by atoms with Crippen molar-refractivity contribution in [2.45, 2.75) is 26.3 Å². The summed E-state index contributed by atoms with van der Waals surface area (Å²) in [5, 5.41) is 3.30. The fraction of sp³-hybridized carbons (Fsp3) is 0.400. The van der Waals surface area contributed by atoms with Crippen LogP contribution in [0.1, 0.15) is 31.3 Å². The summed E-state index contributed by atoms with van der Waals surface area (Å²) in [6, 6.07) is 3.09. The first-order chi connectivity index (χ1) is 6.79. The van der Waals surface area contributed by atoms with E-state index in [1.54, 1.807) is 6.07 Å². The molecule has 0 fully saturated rings. The van der Waals surface area contributed by atoms with E-state index in [-0.39, 0.29) is 22.3 Å². The third-order valence-electron chi connectivity index (χ3n) is 1.52. The van der Waals surface area contributed by atoms with Crippen molar-refractivity contribution in [3.05, 3.63) is 28.0 Å². The van der Waals surface area contributed by atoms with Crippen LogP contribution < -0.4 is 5.32 Å². The zero-order valence-electron chi connectivity index (χ0n) is 8.77. The summed E-state index contributed by atoms with van der Waals surface area (Å²) in [6.45, 7) is 5.63. The van der Waals surface area contributed by atoms with Gasteiger partial charge in [-0.2, -0.15) is 0 Å². The highest BCUT2D eigenvalue weighted by Gasteiger charge is 2.18. The van der Waals surface area contributed by atoms with Crippen LogP contribution in [0.25, 0.3) is 0 Å². The molecule has 82 valence electrons. The molecule has 1 aromatic rings. The maximum Gasteiger partial charge on any atom is 0.271 e. The molecule has 5 heteroatoms. The average Bonchev–Trinajstić information content (AvgIpc) is 2.06. The Morgan fingerprint density at radius 1 is 1.33 bits per heavy atom. The first-order valence-corrected chi connectivity index (χ1v) is 5.20. The molecule has 1 rings (SSSR count). The second-order valence-corrected chi connectivity index (χ2v) is 4.96. The van der Waals surface area contributed by atoms with Crippen molar-refractivity contribution >= 4 is 29.1 Å². The van der Waals surface area contributed by atoms with E-state index in [1.807, 2.05) is 20.8 Å². The Labute approximate surface area is 98.8 Å². The number of carbonyl (C=O) groups is 1. The molecule has 0 aliphatic heterocycles. The molecule has 0 aliphatic carbocycles. The average molecular weight is 247 g/mol. The van der Waals surface area contributed by atoms with E-state index in [1.165, 1.54) is 6.07 Å². The van der Waals surface area contributed by atoms with Crippen molar-refractivity contribution < 1.29 is 4.79 Å². The minimum Gasteiger partial charge on any atom is -0.346 e. The Kier molecular flexibility index (Phi) is 3.58. The van der Waals surface area contributed by atoms with E-state index in [0.717, 1.165) is 0 Å². The molecule has 0 aromatic carbocycles. The number of nitrogens with zero attached hydrogens (tertiary/aromatic N) is 1. The van der Waals surface area contributed by atoms with E-state index in [4.69, 9.17) is 23.2 Å². The van der Waals surface area contributed by atoms with Crippen molar-refractivity contribution in [2.75, 3.05) is 0 Å². The van der Waals surface area contributed by atoms with E-state index < -0.39 is 0 Å². The number of halogens is 2. The maximum atomic E-state index is 11.7. The second kappa shape index (κ2) is 4.37. The zero-order valence-corrected chi connectivity index (χ0v) is 10.3. The number of aromatic nitrogens is 1. The smallest absolute Gasteiger partial charge is 0.271 e. The lowest BCUT2D eigenvalue weighted by Gasteiger charge is -2.20. The van der Waals surface area contributed by atoms with Crippen molar-refractivity contribution in [3.8, 4) is 0 Å². The summed E-state index contributed by atoms with van der Waals surface area (Å²) in [5.41, 5.74) is -0.177. The van der Waals surface area contributed by atoms with E-state index in [0.29, 0.717) is 5.02 Å². The molecular formula is C10H12Cl2N2O. The molecule has 1 aromatic heterocycles. The summed E-state index contributed by atoms with van der Waals surface area (Å²) in [6.07, 6.45) is 0. The fourth-order valence-electron chi connectivity index (χ4n) is 0.977.